The van der Waals surface area contributed by atoms with Crippen LogP contribution in [0, 0.1) is 0 Å². The van der Waals surface area contributed by atoms with Crippen LogP contribution in [0.3, 0.4) is 0 Å². The summed E-state index contributed by atoms with van der Waals surface area (Å²) >= 11 is 3.63. The molecule has 1 aromatic heterocycles. The van der Waals surface area contributed by atoms with Crippen LogP contribution in [0.2, 0.25) is 0 Å². The number of rotatable bonds is 8. The minimum absolute atomic E-state index is 1.04. The Morgan fingerprint density at radius 2 is 2.11 bits per heavy atom. The van der Waals surface area contributed by atoms with Crippen molar-refractivity contribution in [3.63, 3.8) is 0 Å². The smallest absolute Gasteiger partial charge is 0.0753 e. The average Bonchev–Trinajstić information content (AvgIpc) is 2.74. The second kappa shape index (κ2) is 8.56. The van der Waals surface area contributed by atoms with Gasteiger partial charge in [0.15, 0.2) is 0 Å². The first kappa shape index (κ1) is 15.5. The molecular weight excluding hydrogens is 264 g/mol. The molecule has 0 radical (unpaired) electrons. The Bertz CT molecular complexity index is 373. The first-order valence-corrected chi connectivity index (χ1v) is 8.20. The maximum Gasteiger partial charge on any atom is 0.0753 e. The Morgan fingerprint density at radius 3 is 2.67 bits per heavy atom. The fraction of sp³-hybridized carbons (Fsp3) is 0.615. The molecule has 0 spiro atoms. The summed E-state index contributed by atoms with van der Waals surface area (Å²) < 4.78 is 1.25. The molecule has 18 heavy (non-hydrogen) atoms. The minimum Gasteiger partial charge on any atom is -0.411 e. The molecule has 3 nitrogen and oxygen atoms in total. The average molecular weight is 286 g/mol. The van der Waals surface area contributed by atoms with Crippen LogP contribution in [0.5, 0.6) is 0 Å². The van der Waals surface area contributed by atoms with E-state index in [4.69, 9.17) is 5.21 Å². The van der Waals surface area contributed by atoms with Gasteiger partial charge in [-0.3, -0.25) is 0 Å². The van der Waals surface area contributed by atoms with Crippen LogP contribution >= 0.6 is 23.1 Å². The number of hydrogen-bond donors (Lipinski definition) is 1. The molecule has 5 heteroatoms. The molecule has 0 aliphatic rings. The molecule has 0 bridgehead atoms. The van der Waals surface area contributed by atoms with Gasteiger partial charge >= 0.3 is 0 Å². The summed E-state index contributed by atoms with van der Waals surface area (Å²) in [6.07, 6.45) is 2.61. The van der Waals surface area contributed by atoms with Gasteiger partial charge in [0, 0.05) is 17.0 Å². The zero-order valence-corrected chi connectivity index (χ0v) is 13.0. The molecule has 1 rings (SSSR count). The monoisotopic (exact) mass is 286 g/mol. The van der Waals surface area contributed by atoms with E-state index in [-0.39, 0.29) is 0 Å². The molecule has 0 amide bonds. The summed E-state index contributed by atoms with van der Waals surface area (Å²) in [5.74, 6) is 1.04. The van der Waals surface area contributed by atoms with Crippen molar-refractivity contribution in [1.29, 1.82) is 0 Å². The van der Waals surface area contributed by atoms with E-state index >= 15 is 0 Å². The number of nitrogens with zero attached hydrogens (tertiary/aromatic N) is 2. The second-order valence-corrected chi connectivity index (χ2v) is 6.58. The lowest BCUT2D eigenvalue weighted by atomic mass is 10.2. The SMILES string of the molecule is CCSc1sc(CCN(CC)CC)cc1/C=N/O. The van der Waals surface area contributed by atoms with Crippen LogP contribution in [0.15, 0.2) is 15.4 Å². The highest BCUT2D eigenvalue weighted by molar-refractivity contribution is 8.01. The van der Waals surface area contributed by atoms with Gasteiger partial charge in [0.05, 0.1) is 10.4 Å². The zero-order valence-electron chi connectivity index (χ0n) is 11.3. The molecular formula is C13H22N2OS2. The molecule has 1 aromatic rings. The van der Waals surface area contributed by atoms with Crippen molar-refractivity contribution >= 4 is 29.3 Å². The van der Waals surface area contributed by atoms with Crippen molar-refractivity contribution in [3.8, 4) is 0 Å². The van der Waals surface area contributed by atoms with Gasteiger partial charge in [-0.15, -0.1) is 23.1 Å². The van der Waals surface area contributed by atoms with Crippen LogP contribution in [0.4, 0.5) is 0 Å². The van der Waals surface area contributed by atoms with Gasteiger partial charge in [-0.25, -0.2) is 0 Å². The number of oxime groups is 1. The number of likely N-dealkylation sites (N-methyl/N-ethyl adjacent to an activating group) is 1. The van der Waals surface area contributed by atoms with Crippen molar-refractivity contribution < 1.29 is 5.21 Å². The zero-order chi connectivity index (χ0) is 13.4. The lowest BCUT2D eigenvalue weighted by Crippen LogP contribution is -2.25. The highest BCUT2D eigenvalue weighted by Gasteiger charge is 2.09. The third-order valence-corrected chi connectivity index (χ3v) is 5.21. The lowest BCUT2D eigenvalue weighted by molar-refractivity contribution is 0.308. The molecule has 0 atom stereocenters. The highest BCUT2D eigenvalue weighted by Crippen LogP contribution is 2.31. The fourth-order valence-corrected chi connectivity index (χ4v) is 4.06. The van der Waals surface area contributed by atoms with Gasteiger partial charge < -0.3 is 10.1 Å². The maximum atomic E-state index is 8.67. The predicted octanol–water partition coefficient (Wildman–Crippen LogP) is 3.55. The number of thiophene rings is 1. The second-order valence-electron chi connectivity index (χ2n) is 3.91. The molecule has 102 valence electrons. The first-order valence-electron chi connectivity index (χ1n) is 6.40. The highest BCUT2D eigenvalue weighted by atomic mass is 32.2. The molecule has 0 aliphatic carbocycles. The quantitative estimate of drug-likeness (QED) is 0.343. The maximum absolute atomic E-state index is 8.67. The van der Waals surface area contributed by atoms with Crippen LogP contribution < -0.4 is 0 Å². The molecule has 0 fully saturated rings. The number of hydrogen-bond acceptors (Lipinski definition) is 5. The minimum atomic E-state index is 1.04. The van der Waals surface area contributed by atoms with Crippen LogP contribution in [0.25, 0.3) is 0 Å². The van der Waals surface area contributed by atoms with E-state index in [0.717, 1.165) is 37.4 Å². The molecule has 0 saturated carbocycles. The Labute approximate surface area is 118 Å². The van der Waals surface area contributed by atoms with Gasteiger partial charge in [-0.2, -0.15) is 0 Å². The van der Waals surface area contributed by atoms with Gasteiger partial charge in [0.1, 0.15) is 0 Å². The molecule has 1 heterocycles. The Morgan fingerprint density at radius 1 is 1.39 bits per heavy atom. The molecule has 1 N–H and O–H groups in total. The van der Waals surface area contributed by atoms with Gasteiger partial charge in [0.25, 0.3) is 0 Å². The van der Waals surface area contributed by atoms with Crippen molar-refractivity contribution in [1.82, 2.24) is 4.90 Å². The van der Waals surface area contributed by atoms with Crippen molar-refractivity contribution in [2.24, 2.45) is 5.16 Å². The van der Waals surface area contributed by atoms with Gasteiger partial charge in [-0.05, 0) is 31.3 Å². The molecule has 0 aromatic carbocycles. The Balaban J connectivity index is 2.68. The summed E-state index contributed by atoms with van der Waals surface area (Å²) in [6.45, 7) is 9.83. The summed E-state index contributed by atoms with van der Waals surface area (Å²) in [5.41, 5.74) is 1.05. The normalized spacial score (nSPS) is 11.8. The van der Waals surface area contributed by atoms with E-state index in [1.807, 2.05) is 23.1 Å². The summed E-state index contributed by atoms with van der Waals surface area (Å²) in [7, 11) is 0. The molecule has 0 unspecified atom stereocenters. The van der Waals surface area contributed by atoms with Crippen molar-refractivity contribution in [3.05, 3.63) is 16.5 Å². The summed E-state index contributed by atoms with van der Waals surface area (Å²) in [4.78, 5) is 3.79. The predicted molar refractivity (Wildman–Crippen MR) is 81.6 cm³/mol. The summed E-state index contributed by atoms with van der Waals surface area (Å²) in [6, 6.07) is 2.14. The van der Waals surface area contributed by atoms with Gasteiger partial charge in [0.2, 0.25) is 0 Å². The third-order valence-electron chi connectivity index (χ3n) is 2.82. The first-order chi connectivity index (χ1) is 8.74. The summed E-state index contributed by atoms with van der Waals surface area (Å²) in [5, 5.41) is 11.8. The largest absolute Gasteiger partial charge is 0.411 e. The standard InChI is InChI=1S/C13H22N2OS2/c1-4-15(5-2)8-7-12-9-11(10-14-16)13(18-12)17-6-3/h9-10,16H,4-8H2,1-3H3/b14-10+. The molecule has 0 aliphatic heterocycles. The Kier molecular flexibility index (Phi) is 7.39. The van der Waals surface area contributed by atoms with E-state index in [1.165, 1.54) is 15.3 Å². The lowest BCUT2D eigenvalue weighted by Gasteiger charge is -2.16. The van der Waals surface area contributed by atoms with Crippen molar-refractivity contribution in [2.75, 3.05) is 25.4 Å². The van der Waals surface area contributed by atoms with Crippen LogP contribution in [-0.4, -0.2) is 41.7 Å². The van der Waals surface area contributed by atoms with E-state index < -0.39 is 0 Å². The topological polar surface area (TPSA) is 35.8 Å². The van der Waals surface area contributed by atoms with Crippen LogP contribution in [-0.2, 0) is 6.42 Å². The van der Waals surface area contributed by atoms with Crippen molar-refractivity contribution in [2.45, 2.75) is 31.4 Å². The molecule has 0 saturated heterocycles. The third kappa shape index (κ3) is 4.63. The van der Waals surface area contributed by atoms with Crippen LogP contribution in [0.1, 0.15) is 31.2 Å². The Hall–Kier alpha value is -0.520. The number of thioether (sulfide) groups is 1. The van der Waals surface area contributed by atoms with E-state index in [9.17, 15) is 0 Å². The van der Waals surface area contributed by atoms with E-state index in [1.54, 1.807) is 0 Å². The van der Waals surface area contributed by atoms with E-state index in [0.29, 0.717) is 0 Å². The van der Waals surface area contributed by atoms with E-state index in [2.05, 4.69) is 36.9 Å². The van der Waals surface area contributed by atoms with Gasteiger partial charge in [-0.1, -0.05) is 25.9 Å². The fourth-order valence-electron chi connectivity index (χ4n) is 1.77.